The van der Waals surface area contributed by atoms with E-state index in [0.29, 0.717) is 13.1 Å². The van der Waals surface area contributed by atoms with Gasteiger partial charge in [-0.25, -0.2) is 8.42 Å². The summed E-state index contributed by atoms with van der Waals surface area (Å²) in [4.78, 5) is 2.13. The molecule has 108 valence electrons. The van der Waals surface area contributed by atoms with Crippen molar-refractivity contribution in [3.05, 3.63) is 0 Å². The van der Waals surface area contributed by atoms with Crippen LogP contribution >= 0.6 is 0 Å². The zero-order valence-electron chi connectivity index (χ0n) is 12.0. The van der Waals surface area contributed by atoms with Crippen molar-refractivity contribution in [2.75, 3.05) is 38.7 Å². The van der Waals surface area contributed by atoms with Gasteiger partial charge in [-0.3, -0.25) is 0 Å². The van der Waals surface area contributed by atoms with Crippen molar-refractivity contribution in [1.29, 1.82) is 0 Å². The van der Waals surface area contributed by atoms with Crippen LogP contribution < -0.4 is 5.73 Å². The monoisotopic (exact) mass is 276 g/mol. The molecule has 18 heavy (non-hydrogen) atoms. The van der Waals surface area contributed by atoms with Gasteiger partial charge in [-0.15, -0.1) is 0 Å². The van der Waals surface area contributed by atoms with E-state index in [1.807, 2.05) is 7.05 Å². The lowest BCUT2D eigenvalue weighted by molar-refractivity contribution is 0.111. The van der Waals surface area contributed by atoms with Gasteiger partial charge in [0.25, 0.3) is 0 Å². The van der Waals surface area contributed by atoms with Crippen molar-refractivity contribution in [3.8, 4) is 0 Å². The highest BCUT2D eigenvalue weighted by molar-refractivity contribution is 7.90. The van der Waals surface area contributed by atoms with E-state index in [4.69, 9.17) is 5.73 Å². The summed E-state index contributed by atoms with van der Waals surface area (Å²) < 4.78 is 22.3. The molecule has 0 heterocycles. The average Bonchev–Trinajstić information content (AvgIpc) is 2.29. The Balaban J connectivity index is 2.47. The van der Waals surface area contributed by atoms with Gasteiger partial charge in [-0.1, -0.05) is 19.8 Å². The molecular formula is C13H28N2O2S. The van der Waals surface area contributed by atoms with Crippen molar-refractivity contribution < 1.29 is 8.42 Å². The van der Waals surface area contributed by atoms with Crippen molar-refractivity contribution in [3.63, 3.8) is 0 Å². The molecule has 1 fully saturated rings. The zero-order valence-corrected chi connectivity index (χ0v) is 12.8. The Labute approximate surface area is 112 Å². The van der Waals surface area contributed by atoms with Gasteiger partial charge in [0.05, 0.1) is 5.75 Å². The molecule has 1 aliphatic carbocycles. The summed E-state index contributed by atoms with van der Waals surface area (Å²) in [6.45, 7) is 4.54. The highest BCUT2D eigenvalue weighted by Crippen LogP contribution is 2.38. The molecule has 0 aliphatic heterocycles. The topological polar surface area (TPSA) is 63.4 Å². The summed E-state index contributed by atoms with van der Waals surface area (Å²) in [5, 5.41) is 0. The molecule has 0 spiro atoms. The van der Waals surface area contributed by atoms with Gasteiger partial charge in [0.15, 0.2) is 0 Å². The molecule has 1 rings (SSSR count). The van der Waals surface area contributed by atoms with Crippen LogP contribution in [0.3, 0.4) is 0 Å². The van der Waals surface area contributed by atoms with Crippen LogP contribution in [0.2, 0.25) is 0 Å². The third kappa shape index (κ3) is 5.24. The Hall–Kier alpha value is -0.130. The highest BCUT2D eigenvalue weighted by Gasteiger charge is 2.33. The Morgan fingerprint density at radius 1 is 1.33 bits per heavy atom. The van der Waals surface area contributed by atoms with Crippen LogP contribution in [0.5, 0.6) is 0 Å². The molecule has 0 bridgehead atoms. The largest absolute Gasteiger partial charge is 0.330 e. The number of rotatable bonds is 6. The van der Waals surface area contributed by atoms with E-state index in [9.17, 15) is 8.42 Å². The molecule has 0 radical (unpaired) electrons. The lowest BCUT2D eigenvalue weighted by atomic mass is 9.70. The van der Waals surface area contributed by atoms with E-state index in [-0.39, 0.29) is 11.2 Å². The lowest BCUT2D eigenvalue weighted by Gasteiger charge is -2.41. The molecule has 0 aromatic rings. The van der Waals surface area contributed by atoms with Crippen molar-refractivity contribution >= 4 is 9.84 Å². The van der Waals surface area contributed by atoms with Gasteiger partial charge in [0, 0.05) is 19.3 Å². The number of nitrogens with two attached hydrogens (primary N) is 1. The van der Waals surface area contributed by atoms with E-state index in [1.165, 1.54) is 31.9 Å². The van der Waals surface area contributed by atoms with Gasteiger partial charge in [0.2, 0.25) is 0 Å². The predicted molar refractivity (Wildman–Crippen MR) is 76.3 cm³/mol. The summed E-state index contributed by atoms with van der Waals surface area (Å²) in [5.74, 6) is 1.05. The highest BCUT2D eigenvalue weighted by atomic mass is 32.2. The van der Waals surface area contributed by atoms with Gasteiger partial charge in [0.1, 0.15) is 9.84 Å². The first kappa shape index (κ1) is 15.9. The summed E-state index contributed by atoms with van der Waals surface area (Å²) in [7, 11) is -0.868. The lowest BCUT2D eigenvalue weighted by Crippen LogP contribution is -2.44. The second kappa shape index (κ2) is 6.35. The molecule has 2 N–H and O–H groups in total. The number of hydrogen-bond donors (Lipinski definition) is 1. The smallest absolute Gasteiger partial charge is 0.148 e. The molecule has 0 aromatic carbocycles. The standard InChI is InChI=1S/C13H28N2O2S/c1-12-4-6-13(10-14,7-5-12)11-15(2)8-9-18(3,16)17/h12H,4-11,14H2,1-3H3. The maximum atomic E-state index is 11.2. The van der Waals surface area contributed by atoms with Crippen LogP contribution in [-0.2, 0) is 9.84 Å². The van der Waals surface area contributed by atoms with E-state index >= 15 is 0 Å². The second-order valence-electron chi connectivity index (χ2n) is 6.25. The SMILES string of the molecule is CC1CCC(CN)(CN(C)CCS(C)(=O)=O)CC1. The maximum Gasteiger partial charge on any atom is 0.148 e. The van der Waals surface area contributed by atoms with Crippen molar-refractivity contribution in [2.45, 2.75) is 32.6 Å². The minimum absolute atomic E-state index is 0.207. The Kier molecular flexibility index (Phi) is 5.62. The molecule has 1 aliphatic rings. The molecular weight excluding hydrogens is 248 g/mol. The summed E-state index contributed by atoms with van der Waals surface area (Å²) >= 11 is 0. The van der Waals surface area contributed by atoms with E-state index in [0.717, 1.165) is 12.5 Å². The minimum atomic E-state index is -2.87. The van der Waals surface area contributed by atoms with E-state index in [1.54, 1.807) is 0 Å². The van der Waals surface area contributed by atoms with Crippen LogP contribution in [0.25, 0.3) is 0 Å². The van der Waals surface area contributed by atoms with Gasteiger partial charge in [-0.2, -0.15) is 0 Å². The molecule has 0 amide bonds. The summed E-state index contributed by atoms with van der Waals surface area (Å²) in [6, 6.07) is 0. The molecule has 0 saturated heterocycles. The Morgan fingerprint density at radius 3 is 2.33 bits per heavy atom. The normalized spacial score (nSPS) is 29.7. The average molecular weight is 276 g/mol. The third-order valence-corrected chi connectivity index (χ3v) is 5.14. The predicted octanol–water partition coefficient (Wildman–Crippen LogP) is 1.12. The summed E-state index contributed by atoms with van der Waals surface area (Å²) in [5.41, 5.74) is 6.18. The first-order valence-corrected chi connectivity index (χ1v) is 8.89. The van der Waals surface area contributed by atoms with Gasteiger partial charge >= 0.3 is 0 Å². The molecule has 0 aromatic heterocycles. The fourth-order valence-electron chi connectivity index (χ4n) is 2.77. The van der Waals surface area contributed by atoms with E-state index < -0.39 is 9.84 Å². The van der Waals surface area contributed by atoms with Crippen LogP contribution in [0.15, 0.2) is 0 Å². The van der Waals surface area contributed by atoms with Crippen LogP contribution in [0.4, 0.5) is 0 Å². The van der Waals surface area contributed by atoms with Crippen LogP contribution in [-0.4, -0.2) is 52.0 Å². The van der Waals surface area contributed by atoms with Crippen LogP contribution in [0.1, 0.15) is 32.6 Å². The summed E-state index contributed by atoms with van der Waals surface area (Å²) in [6.07, 6.45) is 6.14. The molecule has 5 heteroatoms. The Bertz CT molecular complexity index is 346. The fraction of sp³-hybridized carbons (Fsp3) is 1.00. The fourth-order valence-corrected chi connectivity index (χ4v) is 3.42. The molecule has 0 unspecified atom stereocenters. The van der Waals surface area contributed by atoms with E-state index in [2.05, 4.69) is 11.8 Å². The number of hydrogen-bond acceptors (Lipinski definition) is 4. The molecule has 4 nitrogen and oxygen atoms in total. The number of nitrogens with zero attached hydrogens (tertiary/aromatic N) is 1. The van der Waals surface area contributed by atoms with Crippen molar-refractivity contribution in [1.82, 2.24) is 4.90 Å². The van der Waals surface area contributed by atoms with Gasteiger partial charge < -0.3 is 10.6 Å². The quantitative estimate of drug-likeness (QED) is 0.789. The molecule has 1 saturated carbocycles. The number of sulfone groups is 1. The minimum Gasteiger partial charge on any atom is -0.330 e. The maximum absolute atomic E-state index is 11.2. The zero-order chi connectivity index (χ0) is 13.8. The van der Waals surface area contributed by atoms with Crippen molar-refractivity contribution in [2.24, 2.45) is 17.1 Å². The third-order valence-electron chi connectivity index (χ3n) is 4.22. The van der Waals surface area contributed by atoms with Gasteiger partial charge in [-0.05, 0) is 37.8 Å². The molecule has 0 atom stereocenters. The first-order valence-electron chi connectivity index (χ1n) is 6.83. The van der Waals surface area contributed by atoms with Crippen LogP contribution in [0, 0.1) is 11.3 Å². The second-order valence-corrected chi connectivity index (χ2v) is 8.51. The Morgan fingerprint density at radius 2 is 1.89 bits per heavy atom. The first-order chi connectivity index (χ1) is 8.26.